The zero-order valence-corrected chi connectivity index (χ0v) is 17.2. The Labute approximate surface area is 181 Å². The average molecular weight is 436 g/mol. The second kappa shape index (κ2) is 7.33. The Morgan fingerprint density at radius 3 is 2.47 bits per heavy atom. The summed E-state index contributed by atoms with van der Waals surface area (Å²) < 4.78 is 31.9. The summed E-state index contributed by atoms with van der Waals surface area (Å²) in [6.07, 6.45) is -1.08. The van der Waals surface area contributed by atoms with Crippen molar-refractivity contribution in [2.24, 2.45) is 0 Å². The molecule has 0 radical (unpaired) electrons. The van der Waals surface area contributed by atoms with Gasteiger partial charge in [0.2, 0.25) is 5.89 Å². The zero-order valence-electron chi connectivity index (χ0n) is 17.2. The maximum absolute atomic E-state index is 13.0. The number of rotatable bonds is 5. The van der Waals surface area contributed by atoms with Crippen LogP contribution in [0.5, 0.6) is 0 Å². The molecule has 0 fully saturated rings. The fraction of sp³-hybridized carbons (Fsp3) is 0.227. The number of halogens is 2. The summed E-state index contributed by atoms with van der Waals surface area (Å²) in [5, 5.41) is 15.4. The fourth-order valence-electron chi connectivity index (χ4n) is 3.94. The highest BCUT2D eigenvalue weighted by Gasteiger charge is 2.44. The molecule has 32 heavy (non-hydrogen) atoms. The summed E-state index contributed by atoms with van der Waals surface area (Å²) in [6.45, 7) is 4.37. The number of carbonyl (C=O) groups excluding carboxylic acids is 1. The van der Waals surface area contributed by atoms with Gasteiger partial charge in [-0.15, -0.1) is 15.3 Å². The number of aromatic nitrogens is 5. The fourth-order valence-corrected chi connectivity index (χ4v) is 3.94. The van der Waals surface area contributed by atoms with Gasteiger partial charge in [-0.3, -0.25) is 9.69 Å². The van der Waals surface area contributed by atoms with Crippen molar-refractivity contribution in [3.05, 3.63) is 77.3 Å². The second-order valence-corrected chi connectivity index (χ2v) is 7.96. The Kier molecular flexibility index (Phi) is 4.58. The zero-order chi connectivity index (χ0) is 22.5. The number of fused-ring (bicyclic) bond motifs is 1. The van der Waals surface area contributed by atoms with Crippen LogP contribution in [0, 0.1) is 0 Å². The number of benzene rings is 2. The Morgan fingerprint density at radius 2 is 1.78 bits per heavy atom. The topological polar surface area (TPSA) is 89.9 Å². The summed E-state index contributed by atoms with van der Waals surface area (Å²) in [5.74, 6) is -0.312. The molecular formula is C22H18F2N6O2. The minimum absolute atomic E-state index is 0.0317. The molecule has 3 heterocycles. The molecule has 0 bridgehead atoms. The average Bonchev–Trinajstić information content (AvgIpc) is 3.48. The Morgan fingerprint density at radius 1 is 1.03 bits per heavy atom. The van der Waals surface area contributed by atoms with Crippen LogP contribution in [0.3, 0.4) is 0 Å². The van der Waals surface area contributed by atoms with Crippen LogP contribution >= 0.6 is 0 Å². The van der Waals surface area contributed by atoms with Gasteiger partial charge in [-0.2, -0.15) is 8.78 Å². The molecule has 4 aromatic rings. The lowest BCUT2D eigenvalue weighted by Crippen LogP contribution is -2.39. The van der Waals surface area contributed by atoms with Gasteiger partial charge in [0.05, 0.1) is 18.3 Å². The molecule has 2 aromatic heterocycles. The van der Waals surface area contributed by atoms with Crippen molar-refractivity contribution in [2.45, 2.75) is 32.4 Å². The lowest BCUT2D eigenvalue weighted by Gasteiger charge is -2.30. The second-order valence-electron chi connectivity index (χ2n) is 7.96. The first-order chi connectivity index (χ1) is 15.3. The number of alkyl halides is 2. The molecule has 0 N–H and O–H groups in total. The Balaban J connectivity index is 1.34. The van der Waals surface area contributed by atoms with Crippen molar-refractivity contribution in [3.63, 3.8) is 0 Å². The number of anilines is 1. The smallest absolute Gasteiger partial charge is 0.314 e. The predicted molar refractivity (Wildman–Crippen MR) is 110 cm³/mol. The molecule has 0 unspecified atom stereocenters. The van der Waals surface area contributed by atoms with Gasteiger partial charge in [0.15, 0.2) is 5.82 Å². The summed E-state index contributed by atoms with van der Waals surface area (Å²) in [7, 11) is 0. The van der Waals surface area contributed by atoms with Crippen LogP contribution in [-0.2, 0) is 12.1 Å². The largest absolute Gasteiger partial charge is 0.415 e. The maximum Gasteiger partial charge on any atom is 0.314 e. The Hall–Kier alpha value is -3.95. The summed E-state index contributed by atoms with van der Waals surface area (Å²) >= 11 is 0. The van der Waals surface area contributed by atoms with Crippen LogP contribution in [-0.4, -0.2) is 31.1 Å². The number of carbonyl (C=O) groups is 1. The van der Waals surface area contributed by atoms with E-state index in [4.69, 9.17) is 4.42 Å². The van der Waals surface area contributed by atoms with Gasteiger partial charge < -0.3 is 4.42 Å². The Bertz CT molecular complexity index is 1300. The third kappa shape index (κ3) is 3.24. The molecule has 1 aliphatic heterocycles. The molecule has 10 heteroatoms. The molecule has 1 amide bonds. The molecule has 8 nitrogen and oxygen atoms in total. The van der Waals surface area contributed by atoms with E-state index in [2.05, 4.69) is 20.5 Å². The van der Waals surface area contributed by atoms with Crippen molar-refractivity contribution in [1.29, 1.82) is 0 Å². The van der Waals surface area contributed by atoms with Gasteiger partial charge in [-0.25, -0.2) is 4.68 Å². The summed E-state index contributed by atoms with van der Waals surface area (Å²) in [5.41, 5.74) is 2.51. The standard InChI is InChI=1S/C22H18F2N6O2/c1-22(2)16-6-4-3-5-15(16)21(31)30(22)17-12-29(28-25-17)11-13-7-9-14(10-8-13)19-26-27-20(32-19)18(23)24/h3-10,12,18H,11H2,1-2H3. The van der Waals surface area contributed by atoms with E-state index < -0.39 is 17.9 Å². The van der Waals surface area contributed by atoms with E-state index >= 15 is 0 Å². The van der Waals surface area contributed by atoms with E-state index in [0.29, 0.717) is 23.5 Å². The van der Waals surface area contributed by atoms with Gasteiger partial charge >= 0.3 is 6.43 Å². The molecule has 162 valence electrons. The number of hydrogen-bond acceptors (Lipinski definition) is 6. The van der Waals surface area contributed by atoms with Gasteiger partial charge in [0, 0.05) is 11.1 Å². The maximum atomic E-state index is 13.0. The molecular weight excluding hydrogens is 418 g/mol. The quantitative estimate of drug-likeness (QED) is 0.466. The SMILES string of the molecule is CC1(C)c2ccccc2C(=O)N1c1cn(Cc2ccc(-c3nnc(C(F)F)o3)cc2)nn1. The van der Waals surface area contributed by atoms with Crippen molar-refractivity contribution in [2.75, 3.05) is 4.90 Å². The number of amides is 1. The van der Waals surface area contributed by atoms with Crippen molar-refractivity contribution in [3.8, 4) is 11.5 Å². The molecule has 2 aromatic carbocycles. The minimum Gasteiger partial charge on any atom is -0.415 e. The first-order valence-electron chi connectivity index (χ1n) is 9.89. The van der Waals surface area contributed by atoms with Crippen molar-refractivity contribution < 1.29 is 18.0 Å². The summed E-state index contributed by atoms with van der Waals surface area (Å²) in [4.78, 5) is 14.6. The highest BCUT2D eigenvalue weighted by molar-refractivity contribution is 6.11. The number of nitrogens with zero attached hydrogens (tertiary/aromatic N) is 6. The monoisotopic (exact) mass is 436 g/mol. The first kappa shape index (κ1) is 20.0. The van der Waals surface area contributed by atoms with Crippen LogP contribution in [0.1, 0.15) is 47.6 Å². The third-order valence-electron chi connectivity index (χ3n) is 5.51. The number of hydrogen-bond donors (Lipinski definition) is 0. The molecule has 0 saturated heterocycles. The lowest BCUT2D eigenvalue weighted by molar-refractivity contribution is 0.0981. The van der Waals surface area contributed by atoms with E-state index in [1.165, 1.54) is 0 Å². The minimum atomic E-state index is -2.81. The lowest BCUT2D eigenvalue weighted by atomic mass is 9.94. The highest BCUT2D eigenvalue weighted by Crippen LogP contribution is 2.40. The van der Waals surface area contributed by atoms with Gasteiger partial charge in [0.25, 0.3) is 11.8 Å². The van der Waals surface area contributed by atoms with Crippen LogP contribution in [0.25, 0.3) is 11.5 Å². The molecule has 1 aliphatic rings. The van der Waals surface area contributed by atoms with E-state index in [0.717, 1.165) is 11.1 Å². The van der Waals surface area contributed by atoms with Crippen LogP contribution in [0.15, 0.2) is 59.1 Å². The molecule has 0 saturated carbocycles. The predicted octanol–water partition coefficient (Wildman–Crippen LogP) is 4.21. The molecule has 0 aliphatic carbocycles. The van der Waals surface area contributed by atoms with Gasteiger partial charge in [-0.1, -0.05) is 35.5 Å². The molecule has 0 atom stereocenters. The van der Waals surface area contributed by atoms with E-state index in [9.17, 15) is 13.6 Å². The first-order valence-corrected chi connectivity index (χ1v) is 9.89. The van der Waals surface area contributed by atoms with Crippen LogP contribution in [0.2, 0.25) is 0 Å². The van der Waals surface area contributed by atoms with Gasteiger partial charge in [-0.05, 0) is 43.2 Å². The highest BCUT2D eigenvalue weighted by atomic mass is 19.3. The van der Waals surface area contributed by atoms with Crippen molar-refractivity contribution in [1.82, 2.24) is 25.2 Å². The van der Waals surface area contributed by atoms with Crippen molar-refractivity contribution >= 4 is 11.7 Å². The van der Waals surface area contributed by atoms with E-state index in [1.807, 2.05) is 50.2 Å². The molecule has 0 spiro atoms. The van der Waals surface area contributed by atoms with Crippen LogP contribution < -0.4 is 4.90 Å². The molecule has 5 rings (SSSR count). The third-order valence-corrected chi connectivity index (χ3v) is 5.51. The van der Waals surface area contributed by atoms with E-state index in [1.54, 1.807) is 27.9 Å². The van der Waals surface area contributed by atoms with Gasteiger partial charge in [0.1, 0.15) is 0 Å². The normalized spacial score (nSPS) is 14.9. The summed E-state index contributed by atoms with van der Waals surface area (Å²) in [6, 6.07) is 14.6. The van der Waals surface area contributed by atoms with E-state index in [-0.39, 0.29) is 11.8 Å². The van der Waals surface area contributed by atoms with Crippen LogP contribution in [0.4, 0.5) is 14.6 Å².